The second-order valence-electron chi connectivity index (χ2n) is 8.92. The van der Waals surface area contributed by atoms with Crippen LogP contribution in [0.4, 0.5) is 0 Å². The Morgan fingerprint density at radius 3 is 2.61 bits per heavy atom. The number of aryl methyl sites for hydroxylation is 1. The molecule has 0 spiro atoms. The number of hydrogen-bond acceptors (Lipinski definition) is 6. The fraction of sp³-hybridized carbons (Fsp3) is 0.650. The van der Waals surface area contributed by atoms with Crippen LogP contribution in [0.15, 0.2) is 15.5 Å². The number of carbonyl (C=O) groups excluding carboxylic acids is 1. The topological polar surface area (TPSA) is 98.4 Å². The van der Waals surface area contributed by atoms with Gasteiger partial charge in [-0.25, -0.2) is 4.98 Å². The van der Waals surface area contributed by atoms with Gasteiger partial charge in [0.15, 0.2) is 0 Å². The molecule has 2 aromatic heterocycles. The van der Waals surface area contributed by atoms with E-state index >= 15 is 0 Å². The lowest BCUT2D eigenvalue weighted by molar-refractivity contribution is 0.0873. The van der Waals surface area contributed by atoms with E-state index in [0.29, 0.717) is 18.9 Å². The lowest BCUT2D eigenvalue weighted by atomic mass is 9.79. The van der Waals surface area contributed by atoms with Crippen molar-refractivity contribution in [2.45, 2.75) is 71.1 Å². The molecule has 0 aliphatic carbocycles. The predicted molar refractivity (Wildman–Crippen MR) is 107 cm³/mol. The van der Waals surface area contributed by atoms with Crippen LogP contribution in [0.2, 0.25) is 0 Å². The van der Waals surface area contributed by atoms with Crippen molar-refractivity contribution in [3.05, 3.63) is 28.0 Å². The van der Waals surface area contributed by atoms with E-state index in [1.807, 2.05) is 0 Å². The minimum absolute atomic E-state index is 0.00418. The number of rotatable bonds is 5. The summed E-state index contributed by atoms with van der Waals surface area (Å²) < 4.78 is 12.1. The van der Waals surface area contributed by atoms with Gasteiger partial charge in [0.05, 0.1) is 18.7 Å². The number of ether oxygens (including phenoxy) is 1. The largest absolute Gasteiger partial charge is 0.442 e. The second kappa shape index (κ2) is 7.33. The molecule has 0 unspecified atom stereocenters. The van der Waals surface area contributed by atoms with Crippen molar-refractivity contribution in [2.24, 2.45) is 0 Å². The standard InChI is InChI=1S/C20H30N4O4/c1-12-14(15-17(28-12)21-11-24(18(15)26)7-8-27-6)16(25)22-13-9-19(2,3)23-20(4,5)10-13/h11,13,23H,7-10H2,1-6H3,(H,22,25). The van der Waals surface area contributed by atoms with Crippen LogP contribution < -0.4 is 16.2 Å². The summed E-state index contributed by atoms with van der Waals surface area (Å²) in [5.41, 5.74) is -0.0285. The number of amides is 1. The first-order valence-electron chi connectivity index (χ1n) is 9.61. The highest BCUT2D eigenvalue weighted by Crippen LogP contribution is 2.29. The molecule has 8 heteroatoms. The molecule has 3 heterocycles. The maximum absolute atomic E-state index is 13.1. The van der Waals surface area contributed by atoms with E-state index < -0.39 is 0 Å². The van der Waals surface area contributed by atoms with Gasteiger partial charge in [-0.05, 0) is 47.5 Å². The number of nitrogens with zero attached hydrogens (tertiary/aromatic N) is 2. The molecule has 2 aromatic rings. The lowest BCUT2D eigenvalue weighted by Gasteiger charge is -2.46. The Bertz CT molecular complexity index is 926. The maximum Gasteiger partial charge on any atom is 0.265 e. The number of piperidine rings is 1. The van der Waals surface area contributed by atoms with Gasteiger partial charge in [-0.3, -0.25) is 14.2 Å². The van der Waals surface area contributed by atoms with Gasteiger partial charge in [0, 0.05) is 24.2 Å². The normalized spacial score (nSPS) is 19.1. The first-order valence-corrected chi connectivity index (χ1v) is 9.61. The van der Waals surface area contributed by atoms with Crippen LogP contribution >= 0.6 is 0 Å². The molecule has 2 N–H and O–H groups in total. The van der Waals surface area contributed by atoms with Gasteiger partial charge in [0.25, 0.3) is 11.5 Å². The van der Waals surface area contributed by atoms with Gasteiger partial charge in [-0.15, -0.1) is 0 Å². The van der Waals surface area contributed by atoms with Gasteiger partial charge < -0.3 is 19.8 Å². The molecule has 0 bridgehead atoms. The average molecular weight is 390 g/mol. The van der Waals surface area contributed by atoms with Crippen LogP contribution in [-0.2, 0) is 11.3 Å². The molecule has 1 aliphatic heterocycles. The summed E-state index contributed by atoms with van der Waals surface area (Å²) in [7, 11) is 1.57. The molecule has 0 atom stereocenters. The fourth-order valence-electron chi connectivity index (χ4n) is 4.44. The number of aromatic nitrogens is 2. The number of nitrogens with one attached hydrogen (secondary N) is 2. The van der Waals surface area contributed by atoms with Crippen molar-refractivity contribution < 1.29 is 13.9 Å². The third kappa shape index (κ3) is 4.12. The SMILES string of the molecule is COCCn1cnc2oc(C)c(C(=O)NC3CC(C)(C)NC(C)(C)C3)c2c1=O. The minimum Gasteiger partial charge on any atom is -0.442 e. The Labute approximate surface area is 164 Å². The zero-order valence-electron chi connectivity index (χ0n) is 17.5. The molecule has 8 nitrogen and oxygen atoms in total. The van der Waals surface area contributed by atoms with Crippen molar-refractivity contribution in [3.8, 4) is 0 Å². The molecule has 1 aliphatic rings. The van der Waals surface area contributed by atoms with Gasteiger partial charge >= 0.3 is 0 Å². The summed E-state index contributed by atoms with van der Waals surface area (Å²) in [5, 5.41) is 6.94. The Kier molecular flexibility index (Phi) is 5.38. The molecule has 1 amide bonds. The second-order valence-corrected chi connectivity index (χ2v) is 8.92. The smallest absolute Gasteiger partial charge is 0.265 e. The minimum atomic E-state index is -0.296. The summed E-state index contributed by atoms with van der Waals surface area (Å²) in [6.07, 6.45) is 3.02. The summed E-state index contributed by atoms with van der Waals surface area (Å²) in [6, 6.07) is -0.00418. The summed E-state index contributed by atoms with van der Waals surface area (Å²) >= 11 is 0. The van der Waals surface area contributed by atoms with Crippen molar-refractivity contribution >= 4 is 17.0 Å². The summed E-state index contributed by atoms with van der Waals surface area (Å²) in [5.74, 6) is 0.104. The third-order valence-electron chi connectivity index (χ3n) is 5.14. The van der Waals surface area contributed by atoms with Gasteiger partial charge in [0.1, 0.15) is 17.5 Å². The van der Waals surface area contributed by atoms with E-state index in [1.54, 1.807) is 14.0 Å². The fourth-order valence-corrected chi connectivity index (χ4v) is 4.44. The number of fused-ring (bicyclic) bond motifs is 1. The lowest BCUT2D eigenvalue weighted by Crippen LogP contribution is -2.62. The molecule has 1 fully saturated rings. The third-order valence-corrected chi connectivity index (χ3v) is 5.14. The van der Waals surface area contributed by atoms with Crippen LogP contribution in [0.3, 0.4) is 0 Å². The van der Waals surface area contributed by atoms with Crippen molar-refractivity contribution in [2.75, 3.05) is 13.7 Å². The van der Waals surface area contributed by atoms with Crippen molar-refractivity contribution in [1.29, 1.82) is 0 Å². The maximum atomic E-state index is 13.1. The average Bonchev–Trinajstić information content (AvgIpc) is 2.88. The molecule has 0 saturated carbocycles. The zero-order valence-corrected chi connectivity index (χ0v) is 17.5. The van der Waals surface area contributed by atoms with Crippen LogP contribution in [0.25, 0.3) is 11.1 Å². The highest BCUT2D eigenvalue weighted by atomic mass is 16.5. The van der Waals surface area contributed by atoms with Crippen molar-refractivity contribution in [1.82, 2.24) is 20.2 Å². The zero-order chi connectivity index (χ0) is 20.7. The quantitative estimate of drug-likeness (QED) is 0.810. The Hall–Kier alpha value is -2.19. The van der Waals surface area contributed by atoms with E-state index in [-0.39, 0.29) is 45.2 Å². The van der Waals surface area contributed by atoms with E-state index in [1.165, 1.54) is 10.9 Å². The monoisotopic (exact) mass is 390 g/mol. The highest BCUT2D eigenvalue weighted by molar-refractivity contribution is 6.06. The molecule has 0 aromatic carbocycles. The highest BCUT2D eigenvalue weighted by Gasteiger charge is 2.38. The molecule has 154 valence electrons. The van der Waals surface area contributed by atoms with Gasteiger partial charge in [0.2, 0.25) is 5.71 Å². The number of furan rings is 1. The first-order chi connectivity index (χ1) is 13.0. The Balaban J connectivity index is 1.93. The Morgan fingerprint density at radius 2 is 2.00 bits per heavy atom. The van der Waals surface area contributed by atoms with Gasteiger partial charge in [-0.2, -0.15) is 0 Å². The van der Waals surface area contributed by atoms with Crippen LogP contribution in [0.1, 0.15) is 56.7 Å². The first kappa shape index (κ1) is 20.5. The van der Waals surface area contributed by atoms with E-state index in [0.717, 1.165) is 12.8 Å². The Morgan fingerprint density at radius 1 is 1.36 bits per heavy atom. The van der Waals surface area contributed by atoms with Crippen molar-refractivity contribution in [3.63, 3.8) is 0 Å². The number of methoxy groups -OCH3 is 1. The summed E-state index contributed by atoms with van der Waals surface area (Å²) in [4.78, 5) is 30.2. The van der Waals surface area contributed by atoms with Crippen LogP contribution in [-0.4, -0.2) is 46.3 Å². The van der Waals surface area contributed by atoms with Crippen LogP contribution in [0.5, 0.6) is 0 Å². The molecule has 1 saturated heterocycles. The molecule has 28 heavy (non-hydrogen) atoms. The van der Waals surface area contributed by atoms with E-state index in [4.69, 9.17) is 9.15 Å². The molecular formula is C20H30N4O4. The number of carbonyl (C=O) groups is 1. The molecule has 3 rings (SSSR count). The number of hydrogen-bond donors (Lipinski definition) is 2. The summed E-state index contributed by atoms with van der Waals surface area (Å²) in [6.45, 7) is 10.9. The van der Waals surface area contributed by atoms with E-state index in [9.17, 15) is 9.59 Å². The van der Waals surface area contributed by atoms with Gasteiger partial charge in [-0.1, -0.05) is 0 Å². The molecular weight excluding hydrogens is 360 g/mol. The van der Waals surface area contributed by atoms with Crippen LogP contribution in [0, 0.1) is 6.92 Å². The predicted octanol–water partition coefficient (Wildman–Crippen LogP) is 1.98. The molecule has 0 radical (unpaired) electrons. The van der Waals surface area contributed by atoms with E-state index in [2.05, 4.69) is 43.3 Å².